The van der Waals surface area contributed by atoms with Crippen molar-refractivity contribution in [3.63, 3.8) is 0 Å². The predicted molar refractivity (Wildman–Crippen MR) is 112 cm³/mol. The van der Waals surface area contributed by atoms with Crippen molar-refractivity contribution in [1.82, 2.24) is 20.1 Å². The average molecular weight is 397 g/mol. The number of nitrogens with one attached hydrogen (secondary N) is 3. The molecular formula is C22H15N5O3. The Bertz CT molecular complexity index is 1390. The molecule has 0 unspecified atom stereocenters. The Morgan fingerprint density at radius 1 is 0.933 bits per heavy atom. The van der Waals surface area contributed by atoms with Crippen molar-refractivity contribution in [2.24, 2.45) is 0 Å². The number of hydrogen-bond acceptors (Lipinski definition) is 5. The summed E-state index contributed by atoms with van der Waals surface area (Å²) in [6.45, 7) is 0. The fourth-order valence-electron chi connectivity index (χ4n) is 3.10. The molecule has 0 saturated heterocycles. The topological polar surface area (TPSA) is 117 Å². The van der Waals surface area contributed by atoms with E-state index in [1.165, 1.54) is 18.3 Å². The monoisotopic (exact) mass is 397 g/mol. The molecule has 0 bridgehead atoms. The highest BCUT2D eigenvalue weighted by Gasteiger charge is 2.12. The number of fused-ring (bicyclic) bond motifs is 1. The van der Waals surface area contributed by atoms with E-state index in [-0.39, 0.29) is 11.5 Å². The van der Waals surface area contributed by atoms with Crippen LogP contribution in [-0.4, -0.2) is 26.0 Å². The minimum atomic E-state index is -0.321. The number of pyridine rings is 1. The molecule has 5 rings (SSSR count). The lowest BCUT2D eigenvalue weighted by atomic mass is 10.1. The standard InChI is InChI=1S/C22H15N5O3/c28-19-8-5-16(12-24-19)21(29)25-17-6-3-14(4-7-17)22-26-20(27-30-22)15-2-1-13-9-10-23-18(13)11-15/h1-12,23H,(H,24,28)(H,25,29). The Hall–Kier alpha value is -4.46. The summed E-state index contributed by atoms with van der Waals surface area (Å²) in [4.78, 5) is 33.5. The quantitative estimate of drug-likeness (QED) is 0.426. The average Bonchev–Trinajstić information content (AvgIpc) is 3.44. The molecule has 0 aliphatic heterocycles. The van der Waals surface area contributed by atoms with Crippen molar-refractivity contribution in [2.75, 3.05) is 5.32 Å². The van der Waals surface area contributed by atoms with Gasteiger partial charge in [-0.05, 0) is 47.9 Å². The van der Waals surface area contributed by atoms with Crippen LogP contribution in [0.5, 0.6) is 0 Å². The van der Waals surface area contributed by atoms with Gasteiger partial charge in [0.05, 0.1) is 5.56 Å². The SMILES string of the molecule is O=C(Nc1ccc(-c2nc(-c3ccc4cc[nH]c4c3)no2)cc1)c1ccc(=O)[nH]c1. The maximum Gasteiger partial charge on any atom is 0.258 e. The number of aromatic amines is 2. The van der Waals surface area contributed by atoms with Crippen LogP contribution in [0.25, 0.3) is 33.7 Å². The minimum Gasteiger partial charge on any atom is -0.361 e. The third kappa shape index (κ3) is 3.37. The normalized spacial score (nSPS) is 10.9. The van der Waals surface area contributed by atoms with E-state index in [9.17, 15) is 9.59 Å². The molecule has 3 aromatic heterocycles. The maximum absolute atomic E-state index is 12.2. The van der Waals surface area contributed by atoms with Gasteiger partial charge in [-0.1, -0.05) is 17.3 Å². The van der Waals surface area contributed by atoms with Crippen molar-refractivity contribution in [1.29, 1.82) is 0 Å². The molecule has 0 aliphatic carbocycles. The molecule has 2 aromatic carbocycles. The van der Waals surface area contributed by atoms with Gasteiger partial charge in [-0.2, -0.15) is 4.98 Å². The van der Waals surface area contributed by atoms with Crippen molar-refractivity contribution < 1.29 is 9.32 Å². The fourth-order valence-corrected chi connectivity index (χ4v) is 3.10. The van der Waals surface area contributed by atoms with Crippen molar-refractivity contribution in [3.8, 4) is 22.8 Å². The summed E-state index contributed by atoms with van der Waals surface area (Å²) in [6.07, 6.45) is 3.25. The Kier molecular flexibility index (Phi) is 4.21. The van der Waals surface area contributed by atoms with Gasteiger partial charge < -0.3 is 19.8 Å². The summed E-state index contributed by atoms with van der Waals surface area (Å²) < 4.78 is 5.41. The highest BCUT2D eigenvalue weighted by Crippen LogP contribution is 2.25. The van der Waals surface area contributed by atoms with Gasteiger partial charge in [-0.3, -0.25) is 9.59 Å². The van der Waals surface area contributed by atoms with Crippen LogP contribution in [0.3, 0.4) is 0 Å². The molecule has 146 valence electrons. The van der Waals surface area contributed by atoms with E-state index in [4.69, 9.17) is 4.52 Å². The molecule has 0 spiro atoms. The summed E-state index contributed by atoms with van der Waals surface area (Å²) in [5, 5.41) is 7.96. The molecular weight excluding hydrogens is 382 g/mol. The Morgan fingerprint density at radius 2 is 1.77 bits per heavy atom. The second-order valence-electron chi connectivity index (χ2n) is 6.68. The van der Waals surface area contributed by atoms with Crippen LogP contribution in [-0.2, 0) is 0 Å². The molecule has 0 atom stereocenters. The van der Waals surface area contributed by atoms with Gasteiger partial charge in [-0.25, -0.2) is 0 Å². The first kappa shape index (κ1) is 17.6. The fraction of sp³-hybridized carbons (Fsp3) is 0. The van der Waals surface area contributed by atoms with E-state index in [1.807, 2.05) is 30.5 Å². The lowest BCUT2D eigenvalue weighted by Crippen LogP contribution is -2.14. The van der Waals surface area contributed by atoms with Crippen molar-refractivity contribution in [3.05, 3.63) is 89.0 Å². The van der Waals surface area contributed by atoms with E-state index >= 15 is 0 Å². The molecule has 8 heteroatoms. The highest BCUT2D eigenvalue weighted by atomic mass is 16.5. The highest BCUT2D eigenvalue weighted by molar-refractivity contribution is 6.04. The van der Waals surface area contributed by atoms with E-state index in [1.54, 1.807) is 24.3 Å². The van der Waals surface area contributed by atoms with Gasteiger partial charge in [-0.15, -0.1) is 0 Å². The van der Waals surface area contributed by atoms with Crippen LogP contribution in [0.15, 0.2) is 82.4 Å². The zero-order chi connectivity index (χ0) is 20.5. The number of hydrogen-bond donors (Lipinski definition) is 3. The van der Waals surface area contributed by atoms with Crippen molar-refractivity contribution in [2.45, 2.75) is 0 Å². The molecule has 0 aliphatic rings. The smallest absolute Gasteiger partial charge is 0.258 e. The van der Waals surface area contributed by atoms with Gasteiger partial charge in [0.1, 0.15) is 0 Å². The van der Waals surface area contributed by atoms with Gasteiger partial charge in [0.15, 0.2) is 0 Å². The number of rotatable bonds is 4. The maximum atomic E-state index is 12.2. The molecule has 30 heavy (non-hydrogen) atoms. The third-order valence-corrected chi connectivity index (χ3v) is 4.68. The van der Waals surface area contributed by atoms with Crippen LogP contribution < -0.4 is 10.9 Å². The molecule has 5 aromatic rings. The summed E-state index contributed by atoms with van der Waals surface area (Å²) >= 11 is 0. The second kappa shape index (κ2) is 7.17. The van der Waals surface area contributed by atoms with Gasteiger partial charge >= 0.3 is 0 Å². The van der Waals surface area contributed by atoms with Gasteiger partial charge in [0.25, 0.3) is 11.8 Å². The second-order valence-corrected chi connectivity index (χ2v) is 6.68. The number of benzene rings is 2. The van der Waals surface area contributed by atoms with E-state index in [0.29, 0.717) is 23.0 Å². The Labute approximate surface area is 169 Å². The number of amides is 1. The zero-order valence-corrected chi connectivity index (χ0v) is 15.5. The minimum absolute atomic E-state index is 0.261. The first-order chi connectivity index (χ1) is 14.7. The summed E-state index contributed by atoms with van der Waals surface area (Å²) in [6, 6.07) is 17.7. The van der Waals surface area contributed by atoms with Gasteiger partial charge in [0, 0.05) is 40.8 Å². The molecule has 0 radical (unpaired) electrons. The summed E-state index contributed by atoms with van der Waals surface area (Å²) in [7, 11) is 0. The molecule has 8 nitrogen and oxygen atoms in total. The predicted octanol–water partition coefficient (Wildman–Crippen LogP) is 3.83. The third-order valence-electron chi connectivity index (χ3n) is 4.68. The first-order valence-electron chi connectivity index (χ1n) is 9.17. The Balaban J connectivity index is 1.33. The molecule has 0 fully saturated rings. The van der Waals surface area contributed by atoms with Crippen LogP contribution in [0, 0.1) is 0 Å². The number of nitrogens with zero attached hydrogens (tertiary/aromatic N) is 2. The molecule has 0 saturated carbocycles. The van der Waals surface area contributed by atoms with Gasteiger partial charge in [0.2, 0.25) is 11.4 Å². The zero-order valence-electron chi connectivity index (χ0n) is 15.5. The van der Waals surface area contributed by atoms with Crippen LogP contribution in [0.1, 0.15) is 10.4 Å². The van der Waals surface area contributed by atoms with E-state index in [2.05, 4.69) is 25.4 Å². The number of aromatic nitrogens is 4. The largest absolute Gasteiger partial charge is 0.361 e. The summed E-state index contributed by atoms with van der Waals surface area (Å²) in [5.74, 6) is 0.561. The van der Waals surface area contributed by atoms with Crippen molar-refractivity contribution >= 4 is 22.5 Å². The molecule has 3 N–H and O–H groups in total. The molecule has 1 amide bonds. The molecule has 3 heterocycles. The number of anilines is 1. The van der Waals surface area contributed by atoms with E-state index < -0.39 is 0 Å². The number of H-pyrrole nitrogens is 2. The Morgan fingerprint density at radius 3 is 2.57 bits per heavy atom. The van der Waals surface area contributed by atoms with Crippen LogP contribution in [0.4, 0.5) is 5.69 Å². The summed E-state index contributed by atoms with van der Waals surface area (Å²) in [5.41, 5.74) is 3.29. The van der Waals surface area contributed by atoms with E-state index in [0.717, 1.165) is 22.0 Å². The number of carbonyl (C=O) groups excluding carboxylic acids is 1. The van der Waals surface area contributed by atoms with Crippen LogP contribution in [0.2, 0.25) is 0 Å². The number of carbonyl (C=O) groups is 1. The van der Waals surface area contributed by atoms with Crippen LogP contribution >= 0.6 is 0 Å². The first-order valence-corrected chi connectivity index (χ1v) is 9.17. The lowest BCUT2D eigenvalue weighted by molar-refractivity contribution is 0.102. The lowest BCUT2D eigenvalue weighted by Gasteiger charge is -2.05.